The fraction of sp³-hybridized carbons (Fsp3) is 0.538. The molecule has 1 spiro atoms. The molecule has 0 amide bonds. The summed E-state index contributed by atoms with van der Waals surface area (Å²) in [5.74, 6) is 0.202. The van der Waals surface area contributed by atoms with Gasteiger partial charge in [-0.2, -0.15) is 0 Å². The monoisotopic (exact) mass is 269 g/mol. The summed E-state index contributed by atoms with van der Waals surface area (Å²) >= 11 is 5.97. The molecule has 3 rings (SSSR count). The van der Waals surface area contributed by atoms with Crippen molar-refractivity contribution in [3.8, 4) is 5.75 Å². The van der Waals surface area contributed by atoms with Crippen molar-refractivity contribution in [2.75, 3.05) is 32.9 Å². The zero-order chi connectivity index (χ0) is 12.6. The van der Waals surface area contributed by atoms with E-state index in [0.29, 0.717) is 25.8 Å². The van der Waals surface area contributed by atoms with E-state index in [1.54, 1.807) is 7.11 Å². The van der Waals surface area contributed by atoms with Gasteiger partial charge in [0, 0.05) is 12.1 Å². The smallest absolute Gasteiger partial charge is 0.208 e. The average molecular weight is 270 g/mol. The standard InChI is InChI=1S/C13H16ClNO3/c1-16-11-2-3-12-10(6-11)7-15(9-14)8-13(12)17-4-5-18-13/h2-3,6H,4-5,7-9H2,1H3. The Bertz CT molecular complexity index is 446. The van der Waals surface area contributed by atoms with Crippen molar-refractivity contribution in [1.29, 1.82) is 0 Å². The first-order chi connectivity index (χ1) is 8.77. The third-order valence-electron chi connectivity index (χ3n) is 3.47. The highest BCUT2D eigenvalue weighted by atomic mass is 35.5. The van der Waals surface area contributed by atoms with Crippen molar-refractivity contribution in [2.24, 2.45) is 0 Å². The van der Waals surface area contributed by atoms with Gasteiger partial charge in [0.05, 0.1) is 32.9 Å². The second-order valence-corrected chi connectivity index (χ2v) is 4.82. The van der Waals surface area contributed by atoms with E-state index in [4.69, 9.17) is 25.8 Å². The highest BCUT2D eigenvalue weighted by molar-refractivity contribution is 6.17. The molecule has 2 aliphatic heterocycles. The molecule has 2 heterocycles. The fourth-order valence-electron chi connectivity index (χ4n) is 2.66. The van der Waals surface area contributed by atoms with Crippen molar-refractivity contribution in [3.63, 3.8) is 0 Å². The van der Waals surface area contributed by atoms with Crippen molar-refractivity contribution in [2.45, 2.75) is 12.3 Å². The summed E-state index contributed by atoms with van der Waals surface area (Å²) in [5, 5.41) is 0. The molecule has 98 valence electrons. The van der Waals surface area contributed by atoms with Crippen LogP contribution in [0.15, 0.2) is 18.2 Å². The van der Waals surface area contributed by atoms with Crippen LogP contribution >= 0.6 is 11.6 Å². The third-order valence-corrected chi connectivity index (χ3v) is 3.81. The summed E-state index contributed by atoms with van der Waals surface area (Å²) in [6.45, 7) is 2.73. The molecule has 1 fully saturated rings. The Kier molecular flexibility index (Phi) is 3.20. The van der Waals surface area contributed by atoms with Gasteiger partial charge in [0.25, 0.3) is 0 Å². The highest BCUT2D eigenvalue weighted by Gasteiger charge is 2.44. The molecule has 0 radical (unpaired) electrons. The lowest BCUT2D eigenvalue weighted by Crippen LogP contribution is -2.46. The van der Waals surface area contributed by atoms with Crippen LogP contribution in [-0.2, 0) is 21.8 Å². The molecule has 2 aliphatic rings. The zero-order valence-corrected chi connectivity index (χ0v) is 11.1. The number of fused-ring (bicyclic) bond motifs is 2. The van der Waals surface area contributed by atoms with Gasteiger partial charge in [0.2, 0.25) is 5.79 Å². The molecule has 0 bridgehead atoms. The Balaban J connectivity index is 2.04. The molecule has 0 N–H and O–H groups in total. The normalized spacial score (nSPS) is 22.1. The van der Waals surface area contributed by atoms with Gasteiger partial charge in [-0.3, -0.25) is 4.90 Å². The van der Waals surface area contributed by atoms with E-state index in [9.17, 15) is 0 Å². The molecule has 1 saturated heterocycles. The van der Waals surface area contributed by atoms with Crippen LogP contribution in [0.4, 0.5) is 0 Å². The van der Waals surface area contributed by atoms with Crippen LogP contribution in [0.2, 0.25) is 0 Å². The van der Waals surface area contributed by atoms with Gasteiger partial charge in [-0.1, -0.05) is 0 Å². The molecule has 1 aromatic rings. The minimum Gasteiger partial charge on any atom is -0.497 e. The van der Waals surface area contributed by atoms with Crippen LogP contribution < -0.4 is 4.74 Å². The number of methoxy groups -OCH3 is 1. The minimum atomic E-state index is -0.644. The van der Waals surface area contributed by atoms with Gasteiger partial charge in [0.15, 0.2) is 0 Å². The van der Waals surface area contributed by atoms with E-state index in [2.05, 4.69) is 4.90 Å². The first-order valence-corrected chi connectivity index (χ1v) is 6.54. The summed E-state index contributed by atoms with van der Waals surface area (Å²) in [4.78, 5) is 2.11. The zero-order valence-electron chi connectivity index (χ0n) is 10.3. The van der Waals surface area contributed by atoms with E-state index in [-0.39, 0.29) is 0 Å². The van der Waals surface area contributed by atoms with Gasteiger partial charge < -0.3 is 14.2 Å². The van der Waals surface area contributed by atoms with Crippen LogP contribution in [-0.4, -0.2) is 37.8 Å². The molecule has 0 atom stereocenters. The molecule has 18 heavy (non-hydrogen) atoms. The largest absolute Gasteiger partial charge is 0.497 e. The Morgan fingerprint density at radius 1 is 1.39 bits per heavy atom. The molecule has 0 aromatic heterocycles. The van der Waals surface area contributed by atoms with Gasteiger partial charge in [0.1, 0.15) is 5.75 Å². The fourth-order valence-corrected chi connectivity index (χ4v) is 2.83. The topological polar surface area (TPSA) is 30.9 Å². The number of hydrogen-bond acceptors (Lipinski definition) is 4. The maximum atomic E-state index is 5.97. The Hall–Kier alpha value is -0.810. The number of benzene rings is 1. The SMILES string of the molecule is COc1ccc2c(c1)CN(CCl)CC21OCCO1. The summed E-state index contributed by atoms with van der Waals surface area (Å²) in [5.41, 5.74) is 2.25. The molecular weight excluding hydrogens is 254 g/mol. The molecule has 0 unspecified atom stereocenters. The van der Waals surface area contributed by atoms with E-state index in [0.717, 1.165) is 23.4 Å². The summed E-state index contributed by atoms with van der Waals surface area (Å²) in [6.07, 6.45) is 0. The minimum absolute atomic E-state index is 0.463. The maximum absolute atomic E-state index is 5.97. The lowest BCUT2D eigenvalue weighted by Gasteiger charge is -2.39. The summed E-state index contributed by atoms with van der Waals surface area (Å²) < 4.78 is 17.0. The van der Waals surface area contributed by atoms with E-state index >= 15 is 0 Å². The molecule has 0 saturated carbocycles. The van der Waals surface area contributed by atoms with Crippen LogP contribution in [0.5, 0.6) is 5.75 Å². The van der Waals surface area contributed by atoms with Crippen LogP contribution in [0.3, 0.4) is 0 Å². The third kappa shape index (κ3) is 1.89. The Morgan fingerprint density at radius 3 is 2.83 bits per heavy atom. The van der Waals surface area contributed by atoms with Crippen molar-refractivity contribution in [1.82, 2.24) is 4.90 Å². The predicted molar refractivity (Wildman–Crippen MR) is 67.7 cm³/mol. The maximum Gasteiger partial charge on any atom is 0.208 e. The average Bonchev–Trinajstić information content (AvgIpc) is 2.87. The second kappa shape index (κ2) is 4.70. The molecule has 5 heteroatoms. The second-order valence-electron chi connectivity index (χ2n) is 4.58. The lowest BCUT2D eigenvalue weighted by molar-refractivity contribution is -0.185. The lowest BCUT2D eigenvalue weighted by atomic mass is 9.94. The van der Waals surface area contributed by atoms with Gasteiger partial charge in [-0.25, -0.2) is 0 Å². The van der Waals surface area contributed by atoms with Crippen molar-refractivity contribution < 1.29 is 14.2 Å². The number of alkyl halides is 1. The molecular formula is C13H16ClNO3. The van der Waals surface area contributed by atoms with Crippen LogP contribution in [0.1, 0.15) is 11.1 Å². The van der Waals surface area contributed by atoms with Gasteiger partial charge in [-0.15, -0.1) is 11.6 Å². The van der Waals surface area contributed by atoms with E-state index in [1.165, 1.54) is 0 Å². The molecule has 1 aromatic carbocycles. The van der Waals surface area contributed by atoms with Crippen molar-refractivity contribution >= 4 is 11.6 Å². The predicted octanol–water partition coefficient (Wildman–Crippen LogP) is 1.91. The molecule has 0 aliphatic carbocycles. The molecule has 4 nitrogen and oxygen atoms in total. The van der Waals surface area contributed by atoms with Crippen LogP contribution in [0.25, 0.3) is 0 Å². The quantitative estimate of drug-likeness (QED) is 0.606. The summed E-state index contributed by atoms with van der Waals surface area (Å²) in [6, 6.07) is 6.47. The highest BCUT2D eigenvalue weighted by Crippen LogP contribution is 2.40. The summed E-state index contributed by atoms with van der Waals surface area (Å²) in [7, 11) is 1.67. The number of hydrogen-bond donors (Lipinski definition) is 0. The number of halogens is 1. The van der Waals surface area contributed by atoms with E-state index < -0.39 is 5.79 Å². The first-order valence-electron chi connectivity index (χ1n) is 6.01. The van der Waals surface area contributed by atoms with Crippen molar-refractivity contribution in [3.05, 3.63) is 29.3 Å². The number of rotatable bonds is 2. The number of ether oxygens (including phenoxy) is 3. The Labute approximate surface area is 111 Å². The van der Waals surface area contributed by atoms with E-state index in [1.807, 2.05) is 18.2 Å². The van der Waals surface area contributed by atoms with Gasteiger partial charge in [-0.05, 0) is 23.8 Å². The van der Waals surface area contributed by atoms with Gasteiger partial charge >= 0.3 is 0 Å². The first kappa shape index (κ1) is 12.2. The Morgan fingerprint density at radius 2 is 2.17 bits per heavy atom. The van der Waals surface area contributed by atoms with Crippen LogP contribution in [0, 0.1) is 0 Å². The number of nitrogens with zero attached hydrogens (tertiary/aromatic N) is 1.